The summed E-state index contributed by atoms with van der Waals surface area (Å²) in [6, 6.07) is 13.7. The van der Waals surface area contributed by atoms with Gasteiger partial charge < -0.3 is 42.3 Å². The summed E-state index contributed by atoms with van der Waals surface area (Å²) < 4.78 is 41.7. The van der Waals surface area contributed by atoms with Gasteiger partial charge in [-0.15, -0.1) is 0 Å². The Labute approximate surface area is 317 Å². The maximum Gasteiger partial charge on any atom is 0.500 e. The molecule has 1 aromatic heterocycles. The van der Waals surface area contributed by atoms with Crippen LogP contribution in [0.3, 0.4) is 0 Å². The van der Waals surface area contributed by atoms with E-state index in [2.05, 4.69) is 5.32 Å². The number of fused-ring (bicyclic) bond motifs is 1. The number of ether oxygens (including phenoxy) is 1. The molecule has 3 rings (SSSR count). The number of aromatic nitrogens is 1. The first-order valence-corrected chi connectivity index (χ1v) is 22.6. The number of carbonyl (C=O) groups excluding carboxylic acids is 2. The fourth-order valence-electron chi connectivity index (χ4n) is 5.87. The smallest absolute Gasteiger partial charge is 0.497 e. The molecule has 292 valence electrons. The highest BCUT2D eigenvalue weighted by atomic mass is 35.5. The Bertz CT molecular complexity index is 1470. The molecule has 0 bridgehead atoms. The predicted molar refractivity (Wildman–Crippen MR) is 210 cm³/mol. The fraction of sp³-hybridized carbons (Fsp3) is 0.568. The van der Waals surface area contributed by atoms with Crippen molar-refractivity contribution in [3.05, 3.63) is 64.3 Å². The zero-order valence-corrected chi connectivity index (χ0v) is 35.1. The van der Waals surface area contributed by atoms with E-state index in [1.165, 1.54) is 0 Å². The number of rotatable bonds is 23. The van der Waals surface area contributed by atoms with Crippen molar-refractivity contribution in [2.45, 2.75) is 79.8 Å². The lowest BCUT2D eigenvalue weighted by Gasteiger charge is -2.28. The number of carbonyl (C=O) groups is 2. The maximum atomic E-state index is 13.5. The van der Waals surface area contributed by atoms with Gasteiger partial charge in [-0.25, -0.2) is 0 Å². The molecule has 0 saturated heterocycles. The summed E-state index contributed by atoms with van der Waals surface area (Å²) in [5.41, 5.74) is 8.19. The third-order valence-corrected chi connectivity index (χ3v) is 14.6. The topological polar surface area (TPSA) is 142 Å². The third kappa shape index (κ3) is 13.3. The number of nitrogens with two attached hydrogens (primary N) is 1. The average molecular weight is 783 g/mol. The van der Waals surface area contributed by atoms with Crippen molar-refractivity contribution in [1.82, 2.24) is 9.88 Å². The van der Waals surface area contributed by atoms with Crippen LogP contribution in [-0.2, 0) is 37.8 Å². The molecular formula is C37H60ClN3O9Si2. The first-order valence-electron chi connectivity index (χ1n) is 18.3. The molecule has 12 nitrogen and oxygen atoms in total. The summed E-state index contributed by atoms with van der Waals surface area (Å²) in [6.07, 6.45) is 1.69. The zero-order valence-electron chi connectivity index (χ0n) is 32.3. The van der Waals surface area contributed by atoms with Crippen molar-refractivity contribution >= 4 is 51.9 Å². The molecule has 0 spiro atoms. The molecule has 0 aliphatic carbocycles. The highest BCUT2D eigenvalue weighted by Crippen LogP contribution is 2.31. The summed E-state index contributed by atoms with van der Waals surface area (Å²) >= 11 is 6.01. The van der Waals surface area contributed by atoms with Crippen LogP contribution in [0, 0.1) is 6.92 Å². The number of nitrogens with zero attached hydrogens (tertiary/aromatic N) is 1. The van der Waals surface area contributed by atoms with Crippen LogP contribution in [0.15, 0.2) is 42.5 Å². The Hall–Kier alpha value is -2.64. The van der Waals surface area contributed by atoms with E-state index >= 15 is 0 Å². The second-order valence-electron chi connectivity index (χ2n) is 11.6. The lowest BCUT2D eigenvalue weighted by molar-refractivity contribution is -0.120. The summed E-state index contributed by atoms with van der Waals surface area (Å²) in [5.74, 6) is 0.329. The summed E-state index contributed by atoms with van der Waals surface area (Å²) in [4.78, 5) is 26.5. The van der Waals surface area contributed by atoms with Crippen LogP contribution in [0.2, 0.25) is 17.1 Å². The molecule has 1 amide bonds. The summed E-state index contributed by atoms with van der Waals surface area (Å²) in [5, 5.41) is 4.36. The molecule has 15 heteroatoms. The van der Waals surface area contributed by atoms with Gasteiger partial charge in [-0.1, -0.05) is 11.6 Å². The number of methoxy groups -OCH3 is 1. The average Bonchev–Trinajstić information content (AvgIpc) is 3.39. The Morgan fingerprint density at radius 2 is 1.27 bits per heavy atom. The summed E-state index contributed by atoms with van der Waals surface area (Å²) in [6.45, 7) is 18.1. The van der Waals surface area contributed by atoms with Crippen molar-refractivity contribution in [3.8, 4) is 5.75 Å². The Kier molecular flexibility index (Phi) is 20.9. The lowest BCUT2D eigenvalue weighted by Crippen LogP contribution is -2.46. The van der Waals surface area contributed by atoms with Gasteiger partial charge in [0.2, 0.25) is 5.91 Å². The first kappa shape index (κ1) is 45.5. The molecular weight excluding hydrogens is 722 g/mol. The van der Waals surface area contributed by atoms with Gasteiger partial charge in [0.25, 0.3) is 5.91 Å². The SMILES string of the molecule is CCO[Si](CCCN)(OCC)OCC.CCO[Si](CCCNC(=O)Cc1c(C)n(C(=O)c2ccc(Cl)cc2)c2ccc(OC)cc12)(OCC)OCC. The van der Waals surface area contributed by atoms with E-state index in [0.29, 0.717) is 92.7 Å². The molecule has 0 aliphatic heterocycles. The van der Waals surface area contributed by atoms with Crippen LogP contribution < -0.4 is 15.8 Å². The first-order chi connectivity index (χ1) is 25.0. The lowest BCUT2D eigenvalue weighted by atomic mass is 10.1. The molecule has 0 atom stereocenters. The molecule has 0 aliphatic rings. The Morgan fingerprint density at radius 3 is 1.73 bits per heavy atom. The third-order valence-electron chi connectivity index (χ3n) is 8.03. The number of halogens is 1. The predicted octanol–water partition coefficient (Wildman–Crippen LogP) is 6.78. The molecule has 3 N–H and O–H groups in total. The Balaban J connectivity index is 0.000000565. The zero-order chi connectivity index (χ0) is 38.6. The molecule has 3 aromatic rings. The van der Waals surface area contributed by atoms with Crippen molar-refractivity contribution < 1.29 is 40.9 Å². The van der Waals surface area contributed by atoms with Crippen LogP contribution in [0.25, 0.3) is 10.9 Å². The minimum atomic E-state index is -2.76. The fourth-order valence-corrected chi connectivity index (χ4v) is 11.3. The van der Waals surface area contributed by atoms with Gasteiger partial charge in [0.1, 0.15) is 5.75 Å². The van der Waals surface area contributed by atoms with Crippen molar-refractivity contribution in [2.75, 3.05) is 59.8 Å². The van der Waals surface area contributed by atoms with Gasteiger partial charge >= 0.3 is 17.6 Å². The minimum Gasteiger partial charge on any atom is -0.497 e. The van der Waals surface area contributed by atoms with Gasteiger partial charge in [-0.3, -0.25) is 14.2 Å². The van der Waals surface area contributed by atoms with E-state index in [1.807, 2.05) is 66.7 Å². The van der Waals surface area contributed by atoms with Crippen LogP contribution in [0.1, 0.15) is 76.0 Å². The summed E-state index contributed by atoms with van der Waals surface area (Å²) in [7, 11) is -3.56. The number of hydrogen-bond acceptors (Lipinski definition) is 10. The molecule has 1 heterocycles. The molecule has 52 heavy (non-hydrogen) atoms. The van der Waals surface area contributed by atoms with E-state index in [1.54, 1.807) is 35.9 Å². The molecule has 0 radical (unpaired) electrons. The number of amides is 1. The number of hydrogen-bond donors (Lipinski definition) is 2. The minimum absolute atomic E-state index is 0.126. The monoisotopic (exact) mass is 781 g/mol. The van der Waals surface area contributed by atoms with Crippen LogP contribution >= 0.6 is 11.6 Å². The molecule has 2 aromatic carbocycles. The second-order valence-corrected chi connectivity index (χ2v) is 17.5. The van der Waals surface area contributed by atoms with E-state index in [9.17, 15) is 9.59 Å². The normalized spacial score (nSPS) is 11.7. The van der Waals surface area contributed by atoms with Gasteiger partial charge in [0, 0.05) is 79.9 Å². The van der Waals surface area contributed by atoms with Gasteiger partial charge in [0.05, 0.1) is 19.0 Å². The van der Waals surface area contributed by atoms with Gasteiger partial charge in [-0.05, 0) is 116 Å². The largest absolute Gasteiger partial charge is 0.500 e. The van der Waals surface area contributed by atoms with E-state index < -0.39 is 17.6 Å². The van der Waals surface area contributed by atoms with Crippen molar-refractivity contribution in [1.29, 1.82) is 0 Å². The molecule has 0 fully saturated rings. The van der Waals surface area contributed by atoms with E-state index in [4.69, 9.17) is 48.6 Å². The maximum absolute atomic E-state index is 13.5. The number of nitrogens with one attached hydrogen (secondary N) is 1. The standard InChI is InChI=1S/C28H37ClN2O6Si.C9H23NO3Si/c1-6-35-38(36-7-2,37-8-3)17-9-16-30-27(32)19-24-20(4)31(26-15-14-23(34-5)18-25(24)26)28(33)21-10-12-22(29)13-11-21;1-4-11-14(12-5-2,13-6-3)9-7-8-10/h10-15,18H,6-9,16-17,19H2,1-5H3,(H,30,32);4-10H2,1-3H3. The number of benzene rings is 2. The van der Waals surface area contributed by atoms with Crippen LogP contribution in [0.4, 0.5) is 0 Å². The van der Waals surface area contributed by atoms with Gasteiger partial charge in [-0.2, -0.15) is 0 Å². The van der Waals surface area contributed by atoms with Gasteiger partial charge in [0.15, 0.2) is 0 Å². The second kappa shape index (κ2) is 23.9. The van der Waals surface area contributed by atoms with Crippen molar-refractivity contribution in [3.63, 3.8) is 0 Å². The highest BCUT2D eigenvalue weighted by Gasteiger charge is 2.40. The van der Waals surface area contributed by atoms with Crippen molar-refractivity contribution in [2.24, 2.45) is 5.73 Å². The highest BCUT2D eigenvalue weighted by molar-refractivity contribution is 6.61. The quantitative estimate of drug-likeness (QED) is 0.0781. The van der Waals surface area contributed by atoms with E-state index in [-0.39, 0.29) is 18.2 Å². The molecule has 0 unspecified atom stereocenters. The van der Waals surface area contributed by atoms with Crippen LogP contribution in [-0.4, -0.2) is 93.8 Å². The molecule has 0 saturated carbocycles. The van der Waals surface area contributed by atoms with E-state index in [0.717, 1.165) is 23.4 Å². The Morgan fingerprint density at radius 1 is 0.769 bits per heavy atom. The van der Waals surface area contributed by atoms with Crippen LogP contribution in [0.5, 0.6) is 5.75 Å².